The maximum Gasteiger partial charge on any atom is 0.0717 e. The van der Waals surface area contributed by atoms with Gasteiger partial charge in [0.25, 0.3) is 0 Å². The highest BCUT2D eigenvalue weighted by Gasteiger charge is 2.34. The molecule has 1 unspecified atom stereocenters. The van der Waals surface area contributed by atoms with Crippen LogP contribution in [0.1, 0.15) is 103 Å². The normalized spacial score (nSPS) is 22.7. The Hall–Kier alpha value is 2.02. The fraction of sp³-hybridized carbons (Fsp3) is 0.769. The van der Waals surface area contributed by atoms with Crippen molar-refractivity contribution in [1.82, 2.24) is 0 Å². The van der Waals surface area contributed by atoms with Crippen molar-refractivity contribution in [3.05, 3.63) is 25.4 Å². The summed E-state index contributed by atoms with van der Waals surface area (Å²) < 4.78 is 9.48. The summed E-state index contributed by atoms with van der Waals surface area (Å²) in [4.78, 5) is 0. The zero-order valence-electron chi connectivity index (χ0n) is 20.6. The minimum atomic E-state index is 0.833. The Morgan fingerprint density at radius 2 is 0.941 bits per heavy atom. The maximum atomic E-state index is 2.30. The second-order valence-corrected chi connectivity index (χ2v) is 19.4. The lowest BCUT2D eigenvalue weighted by molar-refractivity contribution is 0.532. The van der Waals surface area contributed by atoms with Gasteiger partial charge in [0.15, 0.2) is 0 Å². The van der Waals surface area contributed by atoms with Crippen molar-refractivity contribution in [3.63, 3.8) is 0 Å². The van der Waals surface area contributed by atoms with E-state index in [-0.39, 0.29) is 0 Å². The summed E-state index contributed by atoms with van der Waals surface area (Å²) in [6.45, 7) is 2.30. The molecular weight excluding hydrogens is 569 g/mol. The Labute approximate surface area is 243 Å². The quantitative estimate of drug-likeness (QED) is 0.166. The van der Waals surface area contributed by atoms with E-state index in [0.29, 0.717) is 0 Å². The average Bonchev–Trinajstić information content (AvgIpc) is 3.48. The molecule has 0 nitrogen and oxygen atoms in total. The van der Waals surface area contributed by atoms with E-state index in [1.807, 2.05) is 23.5 Å². The molecule has 0 fully saturated rings. The Bertz CT molecular complexity index is 721. The number of hydrogen-bond donors (Lipinski definition) is 0. The SMILES string of the molecule is CCCCCCCCCCCCCCCCC1CSC2=C(SC(=C3SC4=C(SCCS4)S3)S2)S1. The summed E-state index contributed by atoms with van der Waals surface area (Å²) in [5, 5.41) is 0.833. The zero-order valence-corrected chi connectivity index (χ0v) is 27.1. The molecule has 1 atom stereocenters. The summed E-state index contributed by atoms with van der Waals surface area (Å²) >= 11 is 16.7. The van der Waals surface area contributed by atoms with Gasteiger partial charge < -0.3 is 0 Å². The van der Waals surface area contributed by atoms with Crippen LogP contribution < -0.4 is 0 Å². The first-order chi connectivity index (χ1) is 16.8. The van der Waals surface area contributed by atoms with Gasteiger partial charge in [-0.2, -0.15) is 0 Å². The van der Waals surface area contributed by atoms with Crippen LogP contribution in [0.15, 0.2) is 25.4 Å². The van der Waals surface area contributed by atoms with E-state index in [2.05, 4.69) is 77.5 Å². The van der Waals surface area contributed by atoms with Crippen LogP contribution in [-0.2, 0) is 0 Å². The average molecular weight is 609 g/mol. The number of rotatable bonds is 15. The lowest BCUT2D eigenvalue weighted by Gasteiger charge is -2.21. The summed E-state index contributed by atoms with van der Waals surface area (Å²) in [6, 6.07) is 0. The maximum absolute atomic E-state index is 2.30. The van der Waals surface area contributed by atoms with E-state index in [4.69, 9.17) is 0 Å². The molecule has 0 aromatic heterocycles. The smallest absolute Gasteiger partial charge is 0.0717 e. The highest BCUT2D eigenvalue weighted by molar-refractivity contribution is 8.45. The zero-order chi connectivity index (χ0) is 23.4. The van der Waals surface area contributed by atoms with Crippen LogP contribution in [0.3, 0.4) is 0 Å². The molecule has 0 spiro atoms. The molecule has 4 rings (SSSR count). The van der Waals surface area contributed by atoms with Crippen LogP contribution in [-0.4, -0.2) is 22.5 Å². The number of thioether (sulfide) groups is 8. The molecule has 0 radical (unpaired) electrons. The minimum absolute atomic E-state index is 0.833. The second-order valence-electron chi connectivity index (χ2n) is 9.27. The Balaban J connectivity index is 1.01. The molecule has 0 aromatic rings. The third-order valence-electron chi connectivity index (χ3n) is 6.34. The van der Waals surface area contributed by atoms with E-state index in [9.17, 15) is 0 Å². The molecule has 0 N–H and O–H groups in total. The first-order valence-corrected chi connectivity index (χ1v) is 20.4. The van der Waals surface area contributed by atoms with E-state index < -0.39 is 0 Å². The minimum Gasteiger partial charge on any atom is -0.116 e. The predicted molar refractivity (Wildman–Crippen MR) is 175 cm³/mol. The van der Waals surface area contributed by atoms with Crippen LogP contribution in [0.4, 0.5) is 0 Å². The second kappa shape index (κ2) is 16.9. The molecule has 4 aliphatic rings. The molecule has 0 aliphatic carbocycles. The van der Waals surface area contributed by atoms with Crippen molar-refractivity contribution in [2.45, 2.75) is 108 Å². The van der Waals surface area contributed by atoms with E-state index in [1.54, 1.807) is 25.4 Å². The lowest BCUT2D eigenvalue weighted by Crippen LogP contribution is -2.09. The number of unbranched alkanes of at least 4 members (excludes halogenated alkanes) is 13. The number of hydrogen-bond acceptors (Lipinski definition) is 8. The molecule has 0 saturated carbocycles. The van der Waals surface area contributed by atoms with Gasteiger partial charge >= 0.3 is 0 Å². The molecule has 0 aromatic carbocycles. The highest BCUT2D eigenvalue weighted by Crippen LogP contribution is 2.68. The molecule has 34 heavy (non-hydrogen) atoms. The largest absolute Gasteiger partial charge is 0.116 e. The summed E-state index contributed by atoms with van der Waals surface area (Å²) in [5.74, 6) is 3.88. The molecular formula is C26H40S8. The fourth-order valence-corrected chi connectivity index (χ4v) is 17.1. The van der Waals surface area contributed by atoms with Gasteiger partial charge in [-0.25, -0.2) is 0 Å². The van der Waals surface area contributed by atoms with Crippen LogP contribution in [0.25, 0.3) is 0 Å². The van der Waals surface area contributed by atoms with Crippen molar-refractivity contribution in [1.29, 1.82) is 0 Å². The van der Waals surface area contributed by atoms with E-state index in [0.717, 1.165) is 5.25 Å². The van der Waals surface area contributed by atoms with Crippen LogP contribution in [0, 0.1) is 0 Å². The first-order valence-electron chi connectivity index (χ1n) is 13.3. The van der Waals surface area contributed by atoms with E-state index >= 15 is 0 Å². The van der Waals surface area contributed by atoms with Gasteiger partial charge in [0.2, 0.25) is 0 Å². The summed E-state index contributed by atoms with van der Waals surface area (Å²) in [7, 11) is 0. The Kier molecular flexibility index (Phi) is 14.4. The van der Waals surface area contributed by atoms with Gasteiger partial charge in [-0.15, -0.1) is 47.0 Å². The monoisotopic (exact) mass is 608 g/mol. The van der Waals surface area contributed by atoms with Crippen LogP contribution >= 0.6 is 94.1 Å². The van der Waals surface area contributed by atoms with Gasteiger partial charge in [-0.1, -0.05) is 144 Å². The Morgan fingerprint density at radius 3 is 1.47 bits per heavy atom. The summed E-state index contributed by atoms with van der Waals surface area (Å²) in [5.41, 5.74) is 0. The molecule has 8 heteroatoms. The van der Waals surface area contributed by atoms with Crippen LogP contribution in [0.2, 0.25) is 0 Å². The third kappa shape index (κ3) is 9.64. The fourth-order valence-electron chi connectivity index (χ4n) is 4.38. The van der Waals surface area contributed by atoms with Crippen molar-refractivity contribution in [3.8, 4) is 0 Å². The van der Waals surface area contributed by atoms with Crippen molar-refractivity contribution in [2.24, 2.45) is 0 Å². The topological polar surface area (TPSA) is 0 Å². The molecule has 192 valence electrons. The molecule has 0 saturated heterocycles. The van der Waals surface area contributed by atoms with Gasteiger partial charge in [0.1, 0.15) is 0 Å². The lowest BCUT2D eigenvalue weighted by atomic mass is 10.0. The Morgan fingerprint density at radius 1 is 0.500 bits per heavy atom. The van der Waals surface area contributed by atoms with Crippen molar-refractivity contribution >= 4 is 94.1 Å². The van der Waals surface area contributed by atoms with Crippen molar-refractivity contribution in [2.75, 3.05) is 17.3 Å². The van der Waals surface area contributed by atoms with Crippen molar-refractivity contribution < 1.29 is 0 Å². The summed E-state index contributed by atoms with van der Waals surface area (Å²) in [6.07, 6.45) is 21.8. The third-order valence-corrected chi connectivity index (χ3v) is 18.8. The highest BCUT2D eigenvalue weighted by atomic mass is 32.3. The first kappa shape index (κ1) is 29.0. The van der Waals surface area contributed by atoms with Gasteiger partial charge in [0, 0.05) is 22.5 Å². The van der Waals surface area contributed by atoms with E-state index in [1.165, 1.54) is 114 Å². The molecule has 4 aliphatic heterocycles. The molecule has 0 bridgehead atoms. The molecule has 4 heterocycles. The standard InChI is InChI=1S/C26H40S8/c1-2-3-4-5-6-7-8-9-10-11-12-13-14-15-16-20-19-29-23-24(30-20)34-26(33-23)25-31-21-22(32-25)28-18-17-27-21/h20H,2-19H2,1H3. The van der Waals surface area contributed by atoms with Crippen LogP contribution in [0.5, 0.6) is 0 Å². The van der Waals surface area contributed by atoms with Gasteiger partial charge in [0.05, 0.1) is 25.4 Å². The van der Waals surface area contributed by atoms with Gasteiger partial charge in [-0.05, 0) is 6.42 Å². The predicted octanol–water partition coefficient (Wildman–Crippen LogP) is 12.5. The van der Waals surface area contributed by atoms with Gasteiger partial charge in [-0.3, -0.25) is 0 Å². The molecule has 0 amide bonds.